The molecule has 110 valence electrons. The quantitative estimate of drug-likeness (QED) is 0.611. The van der Waals surface area contributed by atoms with E-state index in [1.165, 1.54) is 24.7 Å². The Balaban J connectivity index is 2.05. The molecule has 7 heteroatoms. The summed E-state index contributed by atoms with van der Waals surface area (Å²) in [4.78, 5) is 29.8. The minimum Gasteiger partial charge on any atom is -0.480 e. The first kappa shape index (κ1) is 14.7. The van der Waals surface area contributed by atoms with Crippen LogP contribution >= 0.6 is 0 Å². The molecule has 1 atom stereocenters. The summed E-state index contributed by atoms with van der Waals surface area (Å²) >= 11 is 0. The van der Waals surface area contributed by atoms with Crippen molar-refractivity contribution in [1.29, 1.82) is 0 Å². The highest BCUT2D eigenvalue weighted by Gasteiger charge is 2.21. The van der Waals surface area contributed by atoms with Crippen LogP contribution in [-0.2, 0) is 17.8 Å². The number of carboxylic acid groups (broad SMARTS) is 1. The number of aliphatic hydroxyl groups is 1. The number of benzene rings is 1. The summed E-state index contributed by atoms with van der Waals surface area (Å²) in [5.41, 5.74) is 1.64. The van der Waals surface area contributed by atoms with Crippen LogP contribution in [-0.4, -0.2) is 38.1 Å². The number of imidazole rings is 1. The van der Waals surface area contributed by atoms with Gasteiger partial charge < -0.3 is 20.5 Å². The Morgan fingerprint density at radius 2 is 2.00 bits per heavy atom. The van der Waals surface area contributed by atoms with Crippen molar-refractivity contribution in [3.8, 4) is 0 Å². The molecule has 0 aliphatic carbocycles. The summed E-state index contributed by atoms with van der Waals surface area (Å²) in [5.74, 6) is -1.60. The van der Waals surface area contributed by atoms with Gasteiger partial charge in [-0.25, -0.2) is 9.78 Å². The Morgan fingerprint density at radius 1 is 1.29 bits per heavy atom. The molecule has 1 amide bonds. The molecule has 21 heavy (non-hydrogen) atoms. The van der Waals surface area contributed by atoms with E-state index in [-0.39, 0.29) is 13.0 Å². The van der Waals surface area contributed by atoms with Crippen molar-refractivity contribution in [1.82, 2.24) is 15.3 Å². The number of aliphatic hydroxyl groups excluding tert-OH is 1. The number of carbonyl (C=O) groups excluding carboxylic acids is 1. The highest BCUT2D eigenvalue weighted by atomic mass is 16.4. The average Bonchev–Trinajstić information content (AvgIpc) is 2.99. The van der Waals surface area contributed by atoms with E-state index in [2.05, 4.69) is 15.3 Å². The molecule has 0 unspecified atom stereocenters. The molecule has 1 heterocycles. The summed E-state index contributed by atoms with van der Waals surface area (Å²) in [7, 11) is 0. The Hall–Kier alpha value is -2.67. The van der Waals surface area contributed by atoms with Gasteiger partial charge in [-0.3, -0.25) is 4.79 Å². The van der Waals surface area contributed by atoms with Gasteiger partial charge in [0.2, 0.25) is 0 Å². The second-order valence-electron chi connectivity index (χ2n) is 4.50. The van der Waals surface area contributed by atoms with Crippen LogP contribution in [0, 0.1) is 0 Å². The van der Waals surface area contributed by atoms with Crippen LogP contribution < -0.4 is 5.32 Å². The van der Waals surface area contributed by atoms with Gasteiger partial charge in [0.25, 0.3) is 5.91 Å². The highest BCUT2D eigenvalue weighted by Crippen LogP contribution is 2.06. The lowest BCUT2D eigenvalue weighted by atomic mass is 10.1. The third kappa shape index (κ3) is 3.90. The SMILES string of the molecule is O=C(N[C@H](Cc1cnc[nH]1)C(=O)O)c1ccc(CO)cc1. The third-order valence-corrected chi connectivity index (χ3v) is 2.98. The molecule has 0 radical (unpaired) electrons. The summed E-state index contributed by atoms with van der Waals surface area (Å²) in [6.07, 6.45) is 3.08. The number of rotatable bonds is 6. The predicted molar refractivity (Wildman–Crippen MR) is 73.5 cm³/mol. The standard InChI is InChI=1S/C14H15N3O4/c18-7-9-1-3-10(4-2-9)13(19)17-12(14(20)21)5-11-6-15-8-16-11/h1-4,6,8,12,18H,5,7H2,(H,15,16)(H,17,19)(H,20,21)/t12-/m1/s1. The van der Waals surface area contributed by atoms with Gasteiger partial charge in [-0.1, -0.05) is 12.1 Å². The van der Waals surface area contributed by atoms with Crippen LogP contribution in [0.25, 0.3) is 0 Å². The second kappa shape index (κ2) is 6.67. The molecule has 2 rings (SSSR count). The Bertz CT molecular complexity index is 608. The first-order valence-corrected chi connectivity index (χ1v) is 6.31. The van der Waals surface area contributed by atoms with Crippen LogP contribution in [0.1, 0.15) is 21.6 Å². The van der Waals surface area contributed by atoms with Crippen molar-refractivity contribution in [2.75, 3.05) is 0 Å². The number of amides is 1. The van der Waals surface area contributed by atoms with Crippen LogP contribution in [0.15, 0.2) is 36.8 Å². The molecule has 1 aromatic carbocycles. The number of hydrogen-bond acceptors (Lipinski definition) is 4. The highest BCUT2D eigenvalue weighted by molar-refractivity contribution is 5.96. The Morgan fingerprint density at radius 3 is 2.52 bits per heavy atom. The van der Waals surface area contributed by atoms with Gasteiger partial charge in [0.05, 0.1) is 12.9 Å². The number of aromatic nitrogens is 2. The topological polar surface area (TPSA) is 115 Å². The Labute approximate surface area is 120 Å². The summed E-state index contributed by atoms with van der Waals surface area (Å²) in [5, 5.41) is 20.6. The van der Waals surface area contributed by atoms with Crippen LogP contribution in [0.3, 0.4) is 0 Å². The molecule has 0 saturated heterocycles. The fraction of sp³-hybridized carbons (Fsp3) is 0.214. The van der Waals surface area contributed by atoms with E-state index in [1.807, 2.05) is 0 Å². The number of carboxylic acids is 1. The number of aliphatic carboxylic acids is 1. The van der Waals surface area contributed by atoms with Gasteiger partial charge in [-0.15, -0.1) is 0 Å². The average molecular weight is 289 g/mol. The fourth-order valence-corrected chi connectivity index (χ4v) is 1.82. The monoisotopic (exact) mass is 289 g/mol. The molecule has 0 bridgehead atoms. The number of nitrogens with one attached hydrogen (secondary N) is 2. The van der Waals surface area contributed by atoms with Crippen molar-refractivity contribution in [2.45, 2.75) is 19.1 Å². The zero-order chi connectivity index (χ0) is 15.2. The van der Waals surface area contributed by atoms with E-state index in [9.17, 15) is 9.59 Å². The number of nitrogens with zero attached hydrogens (tertiary/aromatic N) is 1. The molecule has 0 aliphatic heterocycles. The molecular formula is C14H15N3O4. The van der Waals surface area contributed by atoms with E-state index in [4.69, 9.17) is 10.2 Å². The molecule has 0 aliphatic rings. The normalized spacial score (nSPS) is 11.9. The van der Waals surface area contributed by atoms with Crippen molar-refractivity contribution >= 4 is 11.9 Å². The first-order valence-electron chi connectivity index (χ1n) is 6.31. The zero-order valence-electron chi connectivity index (χ0n) is 11.1. The van der Waals surface area contributed by atoms with E-state index in [0.717, 1.165) is 0 Å². The molecule has 0 spiro atoms. The minimum absolute atomic E-state index is 0.112. The van der Waals surface area contributed by atoms with Gasteiger partial charge in [0.15, 0.2) is 0 Å². The van der Waals surface area contributed by atoms with Crippen molar-refractivity contribution in [3.63, 3.8) is 0 Å². The maximum absolute atomic E-state index is 12.0. The predicted octanol–water partition coefficient (Wildman–Crippen LogP) is 0.328. The second-order valence-corrected chi connectivity index (χ2v) is 4.50. The maximum atomic E-state index is 12.0. The van der Waals surface area contributed by atoms with Crippen LogP contribution in [0.4, 0.5) is 0 Å². The molecule has 0 fully saturated rings. The lowest BCUT2D eigenvalue weighted by Crippen LogP contribution is -2.42. The lowest BCUT2D eigenvalue weighted by molar-refractivity contribution is -0.139. The van der Waals surface area contributed by atoms with Gasteiger partial charge in [-0.2, -0.15) is 0 Å². The lowest BCUT2D eigenvalue weighted by Gasteiger charge is -2.13. The van der Waals surface area contributed by atoms with E-state index in [1.54, 1.807) is 12.1 Å². The minimum atomic E-state index is -1.12. The van der Waals surface area contributed by atoms with Gasteiger partial charge in [0, 0.05) is 23.9 Å². The third-order valence-electron chi connectivity index (χ3n) is 2.98. The van der Waals surface area contributed by atoms with Crippen molar-refractivity contribution in [2.24, 2.45) is 0 Å². The number of carbonyl (C=O) groups is 2. The molecule has 7 nitrogen and oxygen atoms in total. The molecule has 1 aromatic heterocycles. The largest absolute Gasteiger partial charge is 0.480 e. The fourth-order valence-electron chi connectivity index (χ4n) is 1.82. The molecule has 4 N–H and O–H groups in total. The molecule has 0 saturated carbocycles. The number of aromatic amines is 1. The van der Waals surface area contributed by atoms with Gasteiger partial charge >= 0.3 is 5.97 Å². The summed E-state index contributed by atoms with van der Waals surface area (Å²) in [6.45, 7) is -0.112. The number of hydrogen-bond donors (Lipinski definition) is 4. The van der Waals surface area contributed by atoms with E-state index in [0.29, 0.717) is 16.8 Å². The van der Waals surface area contributed by atoms with Crippen LogP contribution in [0.5, 0.6) is 0 Å². The van der Waals surface area contributed by atoms with Crippen molar-refractivity contribution in [3.05, 3.63) is 53.6 Å². The first-order chi connectivity index (χ1) is 10.1. The van der Waals surface area contributed by atoms with E-state index < -0.39 is 17.9 Å². The maximum Gasteiger partial charge on any atom is 0.326 e. The Kier molecular flexibility index (Phi) is 4.68. The zero-order valence-corrected chi connectivity index (χ0v) is 11.1. The van der Waals surface area contributed by atoms with E-state index >= 15 is 0 Å². The smallest absolute Gasteiger partial charge is 0.326 e. The summed E-state index contributed by atoms with van der Waals surface area (Å²) < 4.78 is 0. The number of H-pyrrole nitrogens is 1. The summed E-state index contributed by atoms with van der Waals surface area (Å²) in [6, 6.07) is 5.25. The van der Waals surface area contributed by atoms with Crippen molar-refractivity contribution < 1.29 is 19.8 Å². The van der Waals surface area contributed by atoms with Gasteiger partial charge in [0.1, 0.15) is 6.04 Å². The van der Waals surface area contributed by atoms with Crippen LogP contribution in [0.2, 0.25) is 0 Å². The molecule has 2 aromatic rings. The van der Waals surface area contributed by atoms with Gasteiger partial charge in [-0.05, 0) is 17.7 Å². The molecular weight excluding hydrogens is 274 g/mol.